The lowest BCUT2D eigenvalue weighted by Gasteiger charge is -2.29. The number of hydrogen-bond donors (Lipinski definition) is 1. The summed E-state index contributed by atoms with van der Waals surface area (Å²) in [7, 11) is 0. The molecule has 0 bridgehead atoms. The molecule has 1 aliphatic rings. The van der Waals surface area contributed by atoms with Crippen LogP contribution in [0.15, 0.2) is 48.5 Å². The maximum absolute atomic E-state index is 12.7. The average Bonchev–Trinajstić information content (AvgIpc) is 2.60. The Hall–Kier alpha value is -2.83. The van der Waals surface area contributed by atoms with Crippen molar-refractivity contribution in [2.75, 3.05) is 16.8 Å². The van der Waals surface area contributed by atoms with Crippen molar-refractivity contribution >= 4 is 23.2 Å². The van der Waals surface area contributed by atoms with Gasteiger partial charge in [-0.25, -0.2) is 0 Å². The zero-order valence-electron chi connectivity index (χ0n) is 13.8. The third kappa shape index (κ3) is 4.04. The monoisotopic (exact) mass is 362 g/mol. The zero-order valence-corrected chi connectivity index (χ0v) is 13.8. The molecule has 0 unspecified atom stereocenters. The summed E-state index contributed by atoms with van der Waals surface area (Å²) >= 11 is 0. The van der Waals surface area contributed by atoms with E-state index in [1.165, 1.54) is 12.1 Å². The number of anilines is 2. The lowest BCUT2D eigenvalue weighted by Crippen LogP contribution is -2.37. The molecule has 2 aromatic carbocycles. The highest BCUT2D eigenvalue weighted by Gasteiger charge is 2.30. The molecule has 1 N–H and O–H groups in total. The minimum Gasteiger partial charge on any atom is -0.326 e. The molecular weight excluding hydrogens is 345 g/mol. The molecule has 0 saturated carbocycles. The highest BCUT2D eigenvalue weighted by atomic mass is 19.4. The maximum atomic E-state index is 12.7. The van der Waals surface area contributed by atoms with Crippen LogP contribution in [0, 0.1) is 0 Å². The van der Waals surface area contributed by atoms with Gasteiger partial charge in [-0.15, -0.1) is 0 Å². The van der Waals surface area contributed by atoms with E-state index in [4.69, 9.17) is 0 Å². The Labute approximate surface area is 148 Å². The molecule has 0 aromatic heterocycles. The number of para-hydroxylation sites is 1. The molecule has 0 saturated heterocycles. The predicted molar refractivity (Wildman–Crippen MR) is 91.8 cm³/mol. The first-order chi connectivity index (χ1) is 12.3. The lowest BCUT2D eigenvalue weighted by atomic mass is 10.0. The van der Waals surface area contributed by atoms with E-state index in [1.807, 2.05) is 24.3 Å². The van der Waals surface area contributed by atoms with Crippen molar-refractivity contribution in [1.29, 1.82) is 0 Å². The fraction of sp³-hybridized carbons (Fsp3) is 0.263. The number of rotatable bonds is 3. The van der Waals surface area contributed by atoms with Gasteiger partial charge in [0, 0.05) is 17.9 Å². The summed E-state index contributed by atoms with van der Waals surface area (Å²) in [5.74, 6) is -1.01. The molecule has 136 valence electrons. The number of benzene rings is 2. The van der Waals surface area contributed by atoms with Crippen LogP contribution >= 0.6 is 0 Å². The Balaban J connectivity index is 1.67. The van der Waals surface area contributed by atoms with Gasteiger partial charge in [0.15, 0.2) is 0 Å². The van der Waals surface area contributed by atoms with Gasteiger partial charge < -0.3 is 10.2 Å². The van der Waals surface area contributed by atoms with Crippen LogP contribution in [0.5, 0.6) is 0 Å². The summed E-state index contributed by atoms with van der Waals surface area (Å²) in [6.07, 6.45) is -3.24. The topological polar surface area (TPSA) is 49.4 Å². The van der Waals surface area contributed by atoms with E-state index >= 15 is 0 Å². The minimum absolute atomic E-state index is 0.0108. The summed E-state index contributed by atoms with van der Waals surface area (Å²) in [5.41, 5.74) is 0.990. The molecule has 2 aromatic rings. The van der Waals surface area contributed by atoms with Crippen LogP contribution in [0.25, 0.3) is 0 Å². The van der Waals surface area contributed by atoms with Crippen molar-refractivity contribution in [2.45, 2.75) is 25.4 Å². The van der Waals surface area contributed by atoms with E-state index in [2.05, 4.69) is 5.32 Å². The zero-order chi connectivity index (χ0) is 18.7. The van der Waals surface area contributed by atoms with E-state index in [-0.39, 0.29) is 11.6 Å². The molecule has 1 heterocycles. The summed E-state index contributed by atoms with van der Waals surface area (Å²) in [6.45, 7) is 0.521. The minimum atomic E-state index is -4.49. The third-order valence-electron chi connectivity index (χ3n) is 4.20. The van der Waals surface area contributed by atoms with E-state index < -0.39 is 24.1 Å². The van der Waals surface area contributed by atoms with Crippen LogP contribution in [-0.4, -0.2) is 18.4 Å². The first-order valence-corrected chi connectivity index (χ1v) is 8.20. The van der Waals surface area contributed by atoms with Gasteiger partial charge in [-0.2, -0.15) is 13.2 Å². The van der Waals surface area contributed by atoms with Crippen molar-refractivity contribution in [1.82, 2.24) is 0 Å². The second kappa shape index (κ2) is 7.19. The number of carbonyl (C=O) groups excluding carboxylic acids is 2. The van der Waals surface area contributed by atoms with E-state index in [1.54, 1.807) is 4.90 Å². The van der Waals surface area contributed by atoms with Crippen molar-refractivity contribution in [2.24, 2.45) is 0 Å². The van der Waals surface area contributed by atoms with Gasteiger partial charge in [0.05, 0.1) is 5.56 Å². The van der Waals surface area contributed by atoms with Crippen LogP contribution in [0.1, 0.15) is 24.0 Å². The molecule has 0 atom stereocenters. The Morgan fingerprint density at radius 2 is 1.85 bits per heavy atom. The first-order valence-electron chi connectivity index (χ1n) is 8.20. The largest absolute Gasteiger partial charge is 0.416 e. The number of carbonyl (C=O) groups is 2. The molecular formula is C19H17F3N2O2. The van der Waals surface area contributed by atoms with E-state index in [0.29, 0.717) is 6.54 Å². The van der Waals surface area contributed by atoms with Gasteiger partial charge in [-0.3, -0.25) is 9.59 Å². The third-order valence-corrected chi connectivity index (χ3v) is 4.20. The molecule has 0 aliphatic carbocycles. The number of nitrogens with one attached hydrogen (secondary N) is 1. The Kier molecular flexibility index (Phi) is 4.97. The van der Waals surface area contributed by atoms with Gasteiger partial charge in [0.1, 0.15) is 6.42 Å². The summed E-state index contributed by atoms with van der Waals surface area (Å²) in [4.78, 5) is 26.1. The SMILES string of the molecule is O=C(CC(=O)N1CCCc2ccccc21)Nc1cccc(C(F)(F)F)c1. The number of amides is 2. The summed E-state index contributed by atoms with van der Waals surface area (Å²) < 4.78 is 38.2. The van der Waals surface area contributed by atoms with Gasteiger partial charge in [0.2, 0.25) is 11.8 Å². The molecule has 4 nitrogen and oxygen atoms in total. The van der Waals surface area contributed by atoms with Crippen LogP contribution in [0.3, 0.4) is 0 Å². The smallest absolute Gasteiger partial charge is 0.326 e. The fourth-order valence-corrected chi connectivity index (χ4v) is 3.00. The standard InChI is InChI=1S/C19H17F3N2O2/c20-19(21,22)14-7-3-8-15(11-14)23-17(25)12-18(26)24-10-4-6-13-5-1-2-9-16(13)24/h1-3,5,7-9,11H,4,6,10,12H2,(H,23,25). The summed E-state index contributed by atoms with van der Waals surface area (Å²) in [5, 5.41) is 2.36. The second-order valence-electron chi connectivity index (χ2n) is 6.08. The van der Waals surface area contributed by atoms with Crippen LogP contribution < -0.4 is 10.2 Å². The van der Waals surface area contributed by atoms with Crippen LogP contribution in [-0.2, 0) is 22.2 Å². The Morgan fingerprint density at radius 3 is 2.62 bits per heavy atom. The quantitative estimate of drug-likeness (QED) is 0.839. The maximum Gasteiger partial charge on any atom is 0.416 e. The number of hydrogen-bond acceptors (Lipinski definition) is 2. The van der Waals surface area contributed by atoms with Gasteiger partial charge in [-0.1, -0.05) is 24.3 Å². The first kappa shape index (κ1) is 18.0. The molecule has 26 heavy (non-hydrogen) atoms. The van der Waals surface area contributed by atoms with Crippen molar-refractivity contribution in [3.05, 3.63) is 59.7 Å². The van der Waals surface area contributed by atoms with Gasteiger partial charge in [0.25, 0.3) is 0 Å². The van der Waals surface area contributed by atoms with Gasteiger partial charge in [-0.05, 0) is 42.7 Å². The molecule has 3 rings (SSSR count). The molecule has 0 spiro atoms. The molecule has 0 radical (unpaired) electrons. The van der Waals surface area contributed by atoms with E-state index in [9.17, 15) is 22.8 Å². The molecule has 7 heteroatoms. The highest BCUT2D eigenvalue weighted by Crippen LogP contribution is 2.31. The van der Waals surface area contributed by atoms with Crippen molar-refractivity contribution in [3.8, 4) is 0 Å². The highest BCUT2D eigenvalue weighted by molar-refractivity contribution is 6.09. The number of nitrogens with zero attached hydrogens (tertiary/aromatic N) is 1. The average molecular weight is 362 g/mol. The number of halogens is 3. The summed E-state index contributed by atoms with van der Waals surface area (Å²) in [6, 6.07) is 11.8. The molecule has 2 amide bonds. The van der Waals surface area contributed by atoms with Crippen LogP contribution in [0.2, 0.25) is 0 Å². The van der Waals surface area contributed by atoms with Gasteiger partial charge >= 0.3 is 6.18 Å². The van der Waals surface area contributed by atoms with Crippen molar-refractivity contribution < 1.29 is 22.8 Å². The molecule has 1 aliphatic heterocycles. The van der Waals surface area contributed by atoms with Crippen LogP contribution in [0.4, 0.5) is 24.5 Å². The number of fused-ring (bicyclic) bond motifs is 1. The number of alkyl halides is 3. The van der Waals surface area contributed by atoms with E-state index in [0.717, 1.165) is 36.2 Å². The second-order valence-corrected chi connectivity index (χ2v) is 6.08. The Morgan fingerprint density at radius 1 is 1.08 bits per heavy atom. The van der Waals surface area contributed by atoms with Crippen molar-refractivity contribution in [3.63, 3.8) is 0 Å². The fourth-order valence-electron chi connectivity index (χ4n) is 3.00. The molecule has 0 fully saturated rings. The predicted octanol–water partition coefficient (Wildman–Crippen LogP) is 4.01. The number of aryl methyl sites for hydroxylation is 1. The Bertz CT molecular complexity index is 834. The normalized spacial score (nSPS) is 13.9. The lowest BCUT2D eigenvalue weighted by molar-refractivity contribution is -0.137.